The highest BCUT2D eigenvalue weighted by molar-refractivity contribution is 4.96. The van der Waals surface area contributed by atoms with Crippen LogP contribution in [0.4, 0.5) is 0 Å². The van der Waals surface area contributed by atoms with Gasteiger partial charge in [-0.15, -0.1) is 0 Å². The lowest BCUT2D eigenvalue weighted by molar-refractivity contribution is 0.0215. The SMILES string of the molecule is C=C/C=C/CCCCN(CC)C(C)O. The number of aliphatic hydroxyl groups excluding tert-OH is 1. The monoisotopic (exact) mass is 197 g/mol. The van der Waals surface area contributed by atoms with E-state index in [2.05, 4.69) is 24.5 Å². The van der Waals surface area contributed by atoms with Crippen LogP contribution in [-0.2, 0) is 0 Å². The van der Waals surface area contributed by atoms with Gasteiger partial charge < -0.3 is 5.11 Å². The summed E-state index contributed by atoms with van der Waals surface area (Å²) in [5.41, 5.74) is 0. The van der Waals surface area contributed by atoms with Gasteiger partial charge in [-0.05, 0) is 32.7 Å². The third-order valence-corrected chi connectivity index (χ3v) is 2.27. The molecule has 0 amide bonds. The molecule has 0 saturated heterocycles. The van der Waals surface area contributed by atoms with Crippen molar-refractivity contribution in [2.45, 2.75) is 39.3 Å². The van der Waals surface area contributed by atoms with Crippen molar-refractivity contribution in [1.82, 2.24) is 4.90 Å². The lowest BCUT2D eigenvalue weighted by Gasteiger charge is -2.23. The summed E-state index contributed by atoms with van der Waals surface area (Å²) < 4.78 is 0. The molecule has 0 rings (SSSR count). The van der Waals surface area contributed by atoms with Crippen molar-refractivity contribution in [2.24, 2.45) is 0 Å². The molecular formula is C12H23NO. The molecule has 0 spiro atoms. The van der Waals surface area contributed by atoms with E-state index in [0.29, 0.717) is 0 Å². The molecule has 0 aromatic heterocycles. The molecule has 1 N–H and O–H groups in total. The lowest BCUT2D eigenvalue weighted by Crippen LogP contribution is -2.33. The van der Waals surface area contributed by atoms with Gasteiger partial charge in [0.1, 0.15) is 6.23 Å². The zero-order valence-electron chi connectivity index (χ0n) is 9.45. The molecule has 2 nitrogen and oxygen atoms in total. The van der Waals surface area contributed by atoms with E-state index >= 15 is 0 Å². The molecule has 82 valence electrons. The summed E-state index contributed by atoms with van der Waals surface area (Å²) in [4.78, 5) is 2.07. The van der Waals surface area contributed by atoms with Gasteiger partial charge in [0.25, 0.3) is 0 Å². The topological polar surface area (TPSA) is 23.5 Å². The summed E-state index contributed by atoms with van der Waals surface area (Å²) in [5.74, 6) is 0. The third kappa shape index (κ3) is 6.87. The summed E-state index contributed by atoms with van der Waals surface area (Å²) in [7, 11) is 0. The fraction of sp³-hybridized carbons (Fsp3) is 0.667. The van der Waals surface area contributed by atoms with E-state index in [1.54, 1.807) is 6.08 Å². The highest BCUT2D eigenvalue weighted by atomic mass is 16.3. The Morgan fingerprint density at radius 3 is 2.64 bits per heavy atom. The van der Waals surface area contributed by atoms with Crippen molar-refractivity contribution in [2.75, 3.05) is 13.1 Å². The van der Waals surface area contributed by atoms with Gasteiger partial charge in [-0.25, -0.2) is 0 Å². The van der Waals surface area contributed by atoms with Crippen LogP contribution in [0.15, 0.2) is 24.8 Å². The van der Waals surface area contributed by atoms with Crippen molar-refractivity contribution < 1.29 is 5.11 Å². The minimum Gasteiger partial charge on any atom is -0.379 e. The molecule has 0 aliphatic rings. The highest BCUT2D eigenvalue weighted by Crippen LogP contribution is 2.02. The van der Waals surface area contributed by atoms with Gasteiger partial charge >= 0.3 is 0 Å². The minimum atomic E-state index is -0.316. The number of rotatable bonds is 8. The summed E-state index contributed by atoms with van der Waals surface area (Å²) in [6.07, 6.45) is 9.01. The Labute approximate surface area is 87.9 Å². The molecule has 0 radical (unpaired) electrons. The van der Waals surface area contributed by atoms with Gasteiger partial charge in [-0.1, -0.05) is 31.7 Å². The summed E-state index contributed by atoms with van der Waals surface area (Å²) in [5, 5.41) is 9.35. The minimum absolute atomic E-state index is 0.316. The van der Waals surface area contributed by atoms with Crippen LogP contribution in [0.2, 0.25) is 0 Å². The number of unbranched alkanes of at least 4 members (excludes halogenated alkanes) is 2. The predicted molar refractivity (Wildman–Crippen MR) is 62.1 cm³/mol. The maximum absolute atomic E-state index is 9.35. The van der Waals surface area contributed by atoms with Crippen LogP contribution in [0.3, 0.4) is 0 Å². The van der Waals surface area contributed by atoms with E-state index in [4.69, 9.17) is 0 Å². The van der Waals surface area contributed by atoms with Gasteiger partial charge in [0, 0.05) is 6.54 Å². The zero-order chi connectivity index (χ0) is 10.8. The molecule has 0 aromatic rings. The van der Waals surface area contributed by atoms with Crippen molar-refractivity contribution in [3.63, 3.8) is 0 Å². The van der Waals surface area contributed by atoms with Crippen LogP contribution in [0.5, 0.6) is 0 Å². The molecule has 1 unspecified atom stereocenters. The molecule has 0 saturated carbocycles. The molecule has 1 atom stereocenters. The largest absolute Gasteiger partial charge is 0.379 e. The standard InChI is InChI=1S/C12H23NO/c1-4-6-7-8-9-10-11-13(5-2)12(3)14/h4,6-7,12,14H,1,5,8-11H2,2-3H3/b7-6+. The molecule has 0 bridgehead atoms. The first-order valence-corrected chi connectivity index (χ1v) is 5.42. The first kappa shape index (κ1) is 13.4. The summed E-state index contributed by atoms with van der Waals surface area (Å²) in [6, 6.07) is 0. The highest BCUT2D eigenvalue weighted by Gasteiger charge is 2.06. The number of nitrogens with zero attached hydrogens (tertiary/aromatic N) is 1. The second-order valence-corrected chi connectivity index (χ2v) is 3.42. The Hall–Kier alpha value is -0.600. The first-order valence-electron chi connectivity index (χ1n) is 5.42. The maximum atomic E-state index is 9.35. The zero-order valence-corrected chi connectivity index (χ0v) is 9.45. The Morgan fingerprint density at radius 1 is 1.43 bits per heavy atom. The predicted octanol–water partition coefficient (Wildman–Crippen LogP) is 2.56. The molecule has 14 heavy (non-hydrogen) atoms. The Morgan fingerprint density at radius 2 is 2.14 bits per heavy atom. The average Bonchev–Trinajstić information content (AvgIpc) is 2.16. The Balaban J connectivity index is 3.42. The van der Waals surface area contributed by atoms with Gasteiger partial charge in [0.15, 0.2) is 0 Å². The Kier molecular flexibility index (Phi) is 8.59. The van der Waals surface area contributed by atoms with E-state index in [9.17, 15) is 5.11 Å². The van der Waals surface area contributed by atoms with Crippen molar-refractivity contribution in [3.8, 4) is 0 Å². The maximum Gasteiger partial charge on any atom is 0.104 e. The van der Waals surface area contributed by atoms with Crippen LogP contribution >= 0.6 is 0 Å². The second-order valence-electron chi connectivity index (χ2n) is 3.42. The normalized spacial score (nSPS) is 13.7. The van der Waals surface area contributed by atoms with Crippen molar-refractivity contribution in [3.05, 3.63) is 24.8 Å². The number of hydrogen-bond acceptors (Lipinski definition) is 2. The first-order chi connectivity index (χ1) is 6.72. The number of hydrogen-bond donors (Lipinski definition) is 1. The van der Waals surface area contributed by atoms with Crippen molar-refractivity contribution in [1.29, 1.82) is 0 Å². The van der Waals surface area contributed by atoms with Gasteiger partial charge in [0.2, 0.25) is 0 Å². The summed E-state index contributed by atoms with van der Waals surface area (Å²) >= 11 is 0. The van der Waals surface area contributed by atoms with Gasteiger partial charge in [0.05, 0.1) is 0 Å². The second kappa shape index (κ2) is 8.97. The molecule has 0 fully saturated rings. The van der Waals surface area contributed by atoms with Crippen LogP contribution in [0.1, 0.15) is 33.1 Å². The quantitative estimate of drug-likeness (QED) is 0.367. The van der Waals surface area contributed by atoms with E-state index < -0.39 is 0 Å². The Bertz CT molecular complexity index is 164. The third-order valence-electron chi connectivity index (χ3n) is 2.27. The smallest absolute Gasteiger partial charge is 0.104 e. The molecular weight excluding hydrogens is 174 g/mol. The van der Waals surface area contributed by atoms with Crippen LogP contribution in [-0.4, -0.2) is 29.3 Å². The van der Waals surface area contributed by atoms with Gasteiger partial charge in [-0.2, -0.15) is 0 Å². The average molecular weight is 197 g/mol. The van der Waals surface area contributed by atoms with E-state index in [1.165, 1.54) is 6.42 Å². The molecule has 0 aromatic carbocycles. The van der Waals surface area contributed by atoms with E-state index in [0.717, 1.165) is 25.9 Å². The number of allylic oxidation sites excluding steroid dienone is 3. The van der Waals surface area contributed by atoms with Crippen molar-refractivity contribution >= 4 is 0 Å². The molecule has 0 aliphatic carbocycles. The fourth-order valence-corrected chi connectivity index (χ4v) is 1.38. The van der Waals surface area contributed by atoms with Crippen LogP contribution in [0, 0.1) is 0 Å². The summed E-state index contributed by atoms with van der Waals surface area (Å²) in [6.45, 7) is 9.41. The van der Waals surface area contributed by atoms with E-state index in [-0.39, 0.29) is 6.23 Å². The van der Waals surface area contributed by atoms with Crippen LogP contribution in [0.25, 0.3) is 0 Å². The van der Waals surface area contributed by atoms with E-state index in [1.807, 2.05) is 13.0 Å². The van der Waals surface area contributed by atoms with Crippen LogP contribution < -0.4 is 0 Å². The van der Waals surface area contributed by atoms with Gasteiger partial charge in [-0.3, -0.25) is 4.90 Å². The lowest BCUT2D eigenvalue weighted by atomic mass is 10.2. The molecule has 0 heterocycles. The number of aliphatic hydroxyl groups is 1. The fourth-order valence-electron chi connectivity index (χ4n) is 1.38. The molecule has 0 aliphatic heterocycles. The molecule has 2 heteroatoms.